The molecular weight excluding hydrogens is 328 g/mol. The van der Waals surface area contributed by atoms with Crippen LogP contribution < -0.4 is 0 Å². The Balaban J connectivity index is 1.46. The van der Waals surface area contributed by atoms with Gasteiger partial charge in [0.2, 0.25) is 0 Å². The summed E-state index contributed by atoms with van der Waals surface area (Å²) in [7, 11) is 0. The van der Waals surface area contributed by atoms with Crippen LogP contribution in [0.2, 0.25) is 0 Å². The highest BCUT2D eigenvalue weighted by Crippen LogP contribution is 2.71. The molecule has 0 aromatic rings. The lowest BCUT2D eigenvalue weighted by Gasteiger charge is -2.57. The maximum absolute atomic E-state index is 11.2. The van der Waals surface area contributed by atoms with Gasteiger partial charge in [0.15, 0.2) is 5.79 Å². The molecule has 4 nitrogen and oxygen atoms in total. The third-order valence-electron chi connectivity index (χ3n) is 9.82. The number of hydrogen-bond donors (Lipinski definition) is 2. The molecule has 26 heavy (non-hydrogen) atoms. The van der Waals surface area contributed by atoms with Crippen molar-refractivity contribution in [2.24, 2.45) is 40.4 Å². The minimum absolute atomic E-state index is 0.180. The van der Waals surface area contributed by atoms with E-state index in [0.717, 1.165) is 32.1 Å². The van der Waals surface area contributed by atoms with Crippen molar-refractivity contribution in [3.63, 3.8) is 0 Å². The van der Waals surface area contributed by atoms with Gasteiger partial charge in [0.25, 0.3) is 0 Å². The van der Waals surface area contributed by atoms with Crippen LogP contribution in [-0.2, 0) is 9.47 Å². The van der Waals surface area contributed by atoms with Crippen molar-refractivity contribution in [2.45, 2.75) is 83.7 Å². The standard InChI is InChI=1S/C22H36O4/c1-13(23)15-4-5-16-14-10-19(24)18-12-22(25-8-9-26-22)7-6-20(18,2)17(14)11-21(15,16)3/h13-19,23-24H,4-12H2,1-3H3/t13-,14-,15-,16+,17-,18+,19-,20+,21+/m0/s1. The van der Waals surface area contributed by atoms with E-state index in [1.807, 2.05) is 6.92 Å². The number of ether oxygens (including phenoxy) is 2. The van der Waals surface area contributed by atoms with Crippen molar-refractivity contribution in [1.82, 2.24) is 0 Å². The Morgan fingerprint density at radius 1 is 0.923 bits per heavy atom. The average Bonchev–Trinajstić information content (AvgIpc) is 3.24. The summed E-state index contributed by atoms with van der Waals surface area (Å²) >= 11 is 0. The fourth-order valence-electron chi connectivity index (χ4n) is 8.60. The van der Waals surface area contributed by atoms with Gasteiger partial charge in [-0.1, -0.05) is 13.8 Å². The first-order valence-electron chi connectivity index (χ1n) is 10.9. The molecule has 148 valence electrons. The Bertz CT molecular complexity index is 570. The van der Waals surface area contributed by atoms with Crippen molar-refractivity contribution in [3.05, 3.63) is 0 Å². The third-order valence-corrected chi connectivity index (χ3v) is 9.82. The van der Waals surface area contributed by atoms with E-state index in [0.29, 0.717) is 36.9 Å². The molecule has 5 fully saturated rings. The van der Waals surface area contributed by atoms with Crippen molar-refractivity contribution >= 4 is 0 Å². The molecule has 1 spiro atoms. The van der Waals surface area contributed by atoms with Gasteiger partial charge in [0, 0.05) is 12.8 Å². The maximum Gasteiger partial charge on any atom is 0.168 e. The van der Waals surface area contributed by atoms with E-state index in [9.17, 15) is 10.2 Å². The second-order valence-electron chi connectivity index (χ2n) is 10.7. The van der Waals surface area contributed by atoms with Crippen LogP contribution in [-0.4, -0.2) is 41.4 Å². The molecule has 0 bridgehead atoms. The summed E-state index contributed by atoms with van der Waals surface area (Å²) < 4.78 is 12.0. The fourth-order valence-corrected chi connectivity index (χ4v) is 8.60. The predicted molar refractivity (Wildman–Crippen MR) is 98.3 cm³/mol. The molecule has 1 aliphatic heterocycles. The molecule has 2 N–H and O–H groups in total. The molecule has 5 aliphatic rings. The van der Waals surface area contributed by atoms with Gasteiger partial charge in [-0.3, -0.25) is 0 Å². The minimum atomic E-state index is -0.418. The van der Waals surface area contributed by atoms with Crippen LogP contribution in [0.3, 0.4) is 0 Å². The zero-order valence-electron chi connectivity index (χ0n) is 16.6. The van der Waals surface area contributed by atoms with Crippen LogP contribution in [0.15, 0.2) is 0 Å². The Hall–Kier alpha value is -0.160. The number of aliphatic hydroxyl groups excluding tert-OH is 2. The Labute approximate surface area is 157 Å². The smallest absolute Gasteiger partial charge is 0.168 e. The van der Waals surface area contributed by atoms with Crippen molar-refractivity contribution in [1.29, 1.82) is 0 Å². The van der Waals surface area contributed by atoms with Crippen LogP contribution in [0, 0.1) is 40.4 Å². The monoisotopic (exact) mass is 364 g/mol. The van der Waals surface area contributed by atoms with Gasteiger partial charge in [-0.25, -0.2) is 0 Å². The second kappa shape index (κ2) is 5.68. The zero-order valence-corrected chi connectivity index (χ0v) is 16.6. The van der Waals surface area contributed by atoms with Crippen LogP contribution in [0.5, 0.6) is 0 Å². The number of hydrogen-bond acceptors (Lipinski definition) is 4. The summed E-state index contributed by atoms with van der Waals surface area (Å²) in [6.45, 7) is 8.27. The summed E-state index contributed by atoms with van der Waals surface area (Å²) in [6.07, 6.45) is 7.03. The first-order chi connectivity index (χ1) is 12.3. The van der Waals surface area contributed by atoms with Crippen LogP contribution in [0.4, 0.5) is 0 Å². The second-order valence-corrected chi connectivity index (χ2v) is 10.7. The van der Waals surface area contributed by atoms with Crippen molar-refractivity contribution in [2.75, 3.05) is 13.2 Å². The Kier molecular flexibility index (Phi) is 3.91. The van der Waals surface area contributed by atoms with Gasteiger partial charge in [-0.05, 0) is 79.4 Å². The van der Waals surface area contributed by atoms with E-state index in [2.05, 4.69) is 13.8 Å². The Morgan fingerprint density at radius 3 is 2.35 bits per heavy atom. The molecule has 5 rings (SSSR count). The van der Waals surface area contributed by atoms with Crippen LogP contribution >= 0.6 is 0 Å². The highest BCUT2D eigenvalue weighted by atomic mass is 16.7. The van der Waals surface area contributed by atoms with E-state index in [1.165, 1.54) is 12.8 Å². The number of rotatable bonds is 1. The highest BCUT2D eigenvalue weighted by Gasteiger charge is 2.67. The molecule has 4 saturated carbocycles. The van der Waals surface area contributed by atoms with E-state index in [-0.39, 0.29) is 29.0 Å². The molecule has 4 aliphatic carbocycles. The summed E-state index contributed by atoms with van der Waals surface area (Å²) in [4.78, 5) is 0. The molecule has 0 aromatic carbocycles. The van der Waals surface area contributed by atoms with Gasteiger partial charge >= 0.3 is 0 Å². The normalized spacial score (nSPS) is 56.2. The zero-order chi connectivity index (χ0) is 18.3. The summed E-state index contributed by atoms with van der Waals surface area (Å²) in [5, 5.41) is 21.6. The first kappa shape index (κ1) is 17.9. The summed E-state index contributed by atoms with van der Waals surface area (Å²) in [5.41, 5.74) is 0.427. The van der Waals surface area contributed by atoms with Gasteiger partial charge in [0.1, 0.15) is 0 Å². The molecule has 0 unspecified atom stereocenters. The van der Waals surface area contributed by atoms with Crippen LogP contribution in [0.1, 0.15) is 65.7 Å². The molecule has 0 aromatic heterocycles. The molecule has 0 amide bonds. The summed E-state index contributed by atoms with van der Waals surface area (Å²) in [5.74, 6) is 2.26. The van der Waals surface area contributed by atoms with E-state index >= 15 is 0 Å². The van der Waals surface area contributed by atoms with Crippen LogP contribution in [0.25, 0.3) is 0 Å². The lowest BCUT2D eigenvalue weighted by Crippen LogP contribution is -2.56. The Morgan fingerprint density at radius 2 is 1.65 bits per heavy atom. The lowest BCUT2D eigenvalue weighted by molar-refractivity contribution is -0.237. The topological polar surface area (TPSA) is 58.9 Å². The van der Waals surface area contributed by atoms with Crippen molar-refractivity contribution < 1.29 is 19.7 Å². The molecular formula is C22H36O4. The third kappa shape index (κ3) is 2.22. The fraction of sp³-hybridized carbons (Fsp3) is 1.00. The average molecular weight is 365 g/mol. The molecule has 1 saturated heterocycles. The minimum Gasteiger partial charge on any atom is -0.393 e. The van der Waals surface area contributed by atoms with E-state index in [1.54, 1.807) is 0 Å². The summed E-state index contributed by atoms with van der Waals surface area (Å²) in [6, 6.07) is 0. The van der Waals surface area contributed by atoms with Gasteiger partial charge in [-0.2, -0.15) is 0 Å². The van der Waals surface area contributed by atoms with Gasteiger partial charge in [-0.15, -0.1) is 0 Å². The quantitative estimate of drug-likeness (QED) is 0.749. The van der Waals surface area contributed by atoms with Gasteiger partial charge in [0.05, 0.1) is 25.4 Å². The largest absolute Gasteiger partial charge is 0.393 e. The molecule has 0 radical (unpaired) electrons. The SMILES string of the molecule is C[C@H](O)[C@@H]1CC[C@@H]2[C@@H]3C[C@H](O)[C@H]4CC5(CC[C@]4(C)[C@H]3C[C@@]21C)OCCO5. The highest BCUT2D eigenvalue weighted by molar-refractivity contribution is 5.15. The van der Waals surface area contributed by atoms with Gasteiger partial charge < -0.3 is 19.7 Å². The van der Waals surface area contributed by atoms with Crippen molar-refractivity contribution in [3.8, 4) is 0 Å². The van der Waals surface area contributed by atoms with E-state index < -0.39 is 5.79 Å². The molecule has 4 heteroatoms. The van der Waals surface area contributed by atoms with E-state index in [4.69, 9.17) is 9.47 Å². The number of aliphatic hydroxyl groups is 2. The first-order valence-corrected chi connectivity index (χ1v) is 10.9. The molecule has 9 atom stereocenters. The predicted octanol–water partition coefficient (Wildman–Crippen LogP) is 3.35. The maximum atomic E-state index is 11.2. The lowest BCUT2D eigenvalue weighted by atomic mass is 9.50. The molecule has 1 heterocycles. The number of fused-ring (bicyclic) bond motifs is 5.